The molecule has 1 saturated carbocycles. The molecule has 0 radical (unpaired) electrons. The van der Waals surface area contributed by atoms with Gasteiger partial charge in [-0.2, -0.15) is 0 Å². The van der Waals surface area contributed by atoms with Crippen molar-refractivity contribution < 1.29 is 14.3 Å². The summed E-state index contributed by atoms with van der Waals surface area (Å²) in [6.07, 6.45) is 6.91. The van der Waals surface area contributed by atoms with Crippen LogP contribution in [0.3, 0.4) is 0 Å². The van der Waals surface area contributed by atoms with Gasteiger partial charge in [-0.15, -0.1) is 10.2 Å². The Labute approximate surface area is 87.5 Å². The predicted octanol–water partition coefficient (Wildman–Crippen LogP) is 1.89. The minimum absolute atomic E-state index is 0.305. The maximum atomic E-state index is 10.5. The van der Waals surface area contributed by atoms with Crippen LogP contribution in [-0.4, -0.2) is 21.3 Å². The van der Waals surface area contributed by atoms with Gasteiger partial charge in [0.25, 0.3) is 0 Å². The number of carbonyl (C=O) groups is 1. The molecule has 1 aliphatic carbocycles. The fourth-order valence-electron chi connectivity index (χ4n) is 2.06. The van der Waals surface area contributed by atoms with Gasteiger partial charge in [-0.25, -0.2) is 4.79 Å². The number of carboxylic acid groups (broad SMARTS) is 1. The van der Waals surface area contributed by atoms with Gasteiger partial charge in [0.2, 0.25) is 5.89 Å². The van der Waals surface area contributed by atoms with E-state index < -0.39 is 5.97 Å². The minimum atomic E-state index is -1.16. The molecule has 1 aliphatic rings. The summed E-state index contributed by atoms with van der Waals surface area (Å²) in [6, 6.07) is 0. The summed E-state index contributed by atoms with van der Waals surface area (Å²) in [7, 11) is 0. The summed E-state index contributed by atoms with van der Waals surface area (Å²) >= 11 is 0. The smallest absolute Gasteiger partial charge is 0.393 e. The molecular weight excluding hydrogens is 196 g/mol. The Balaban J connectivity index is 1.94. The van der Waals surface area contributed by atoms with Crippen LogP contribution in [-0.2, 0) is 6.42 Å². The van der Waals surface area contributed by atoms with Gasteiger partial charge in [0.1, 0.15) is 0 Å². The van der Waals surface area contributed by atoms with Crippen LogP contribution in [0.2, 0.25) is 0 Å². The second kappa shape index (κ2) is 4.42. The second-order valence-corrected chi connectivity index (χ2v) is 4.01. The van der Waals surface area contributed by atoms with Crippen LogP contribution in [0.15, 0.2) is 4.42 Å². The number of hydrogen-bond acceptors (Lipinski definition) is 4. The molecular formula is C10H14N2O3. The van der Waals surface area contributed by atoms with E-state index in [1.54, 1.807) is 0 Å². The number of rotatable bonds is 3. The first-order valence-electron chi connectivity index (χ1n) is 5.31. The van der Waals surface area contributed by atoms with Crippen LogP contribution in [0.4, 0.5) is 0 Å². The average molecular weight is 210 g/mol. The Morgan fingerprint density at radius 2 is 2.07 bits per heavy atom. The Morgan fingerprint density at radius 1 is 1.33 bits per heavy atom. The third kappa shape index (κ3) is 2.55. The van der Waals surface area contributed by atoms with Gasteiger partial charge < -0.3 is 9.52 Å². The average Bonchev–Trinajstić information content (AvgIpc) is 2.68. The van der Waals surface area contributed by atoms with Crippen molar-refractivity contribution >= 4 is 5.97 Å². The van der Waals surface area contributed by atoms with Crippen molar-refractivity contribution in [2.75, 3.05) is 0 Å². The third-order valence-electron chi connectivity index (χ3n) is 2.84. The summed E-state index contributed by atoms with van der Waals surface area (Å²) in [6.45, 7) is 0. The van der Waals surface area contributed by atoms with Gasteiger partial charge in [0, 0.05) is 6.42 Å². The summed E-state index contributed by atoms with van der Waals surface area (Å²) < 4.78 is 5.03. The van der Waals surface area contributed by atoms with Crippen LogP contribution < -0.4 is 0 Å². The van der Waals surface area contributed by atoms with Crippen molar-refractivity contribution in [3.8, 4) is 0 Å². The van der Waals surface area contributed by atoms with E-state index >= 15 is 0 Å². The van der Waals surface area contributed by atoms with Gasteiger partial charge in [-0.1, -0.05) is 19.3 Å². The molecule has 1 aromatic heterocycles. The first-order valence-corrected chi connectivity index (χ1v) is 5.31. The molecule has 0 atom stereocenters. The lowest BCUT2D eigenvalue weighted by Gasteiger charge is -2.19. The highest BCUT2D eigenvalue weighted by Crippen LogP contribution is 2.26. The maximum Gasteiger partial charge on any atom is 0.393 e. The van der Waals surface area contributed by atoms with E-state index in [1.807, 2.05) is 0 Å². The number of nitrogens with zero attached hydrogens (tertiary/aromatic N) is 2. The van der Waals surface area contributed by atoms with E-state index in [1.165, 1.54) is 32.1 Å². The van der Waals surface area contributed by atoms with Crippen molar-refractivity contribution in [3.05, 3.63) is 11.8 Å². The van der Waals surface area contributed by atoms with Gasteiger partial charge >= 0.3 is 11.9 Å². The van der Waals surface area contributed by atoms with Crippen molar-refractivity contribution in [1.29, 1.82) is 0 Å². The van der Waals surface area contributed by atoms with E-state index in [2.05, 4.69) is 10.2 Å². The molecule has 1 aromatic rings. The molecule has 1 heterocycles. The molecule has 1 fully saturated rings. The molecule has 0 aromatic carbocycles. The van der Waals surface area contributed by atoms with Crippen molar-refractivity contribution in [1.82, 2.24) is 10.2 Å². The molecule has 2 rings (SSSR count). The fourth-order valence-corrected chi connectivity index (χ4v) is 2.06. The van der Waals surface area contributed by atoms with Crippen LogP contribution in [0, 0.1) is 5.92 Å². The number of carboxylic acids is 1. The fraction of sp³-hybridized carbons (Fsp3) is 0.700. The first kappa shape index (κ1) is 10.1. The Morgan fingerprint density at radius 3 is 2.67 bits per heavy atom. The normalized spacial score (nSPS) is 17.9. The van der Waals surface area contributed by atoms with Crippen LogP contribution in [0.5, 0.6) is 0 Å². The van der Waals surface area contributed by atoms with Crippen LogP contribution in [0.25, 0.3) is 0 Å². The zero-order valence-electron chi connectivity index (χ0n) is 8.48. The lowest BCUT2D eigenvalue weighted by Crippen LogP contribution is -2.09. The summed E-state index contributed by atoms with van der Waals surface area (Å²) in [5.41, 5.74) is 0. The maximum absolute atomic E-state index is 10.5. The lowest BCUT2D eigenvalue weighted by molar-refractivity contribution is 0.0651. The van der Waals surface area contributed by atoms with Gasteiger partial charge in [0.15, 0.2) is 0 Å². The van der Waals surface area contributed by atoms with E-state index in [9.17, 15) is 4.79 Å². The van der Waals surface area contributed by atoms with Crippen molar-refractivity contribution in [3.63, 3.8) is 0 Å². The van der Waals surface area contributed by atoms with E-state index in [0.717, 1.165) is 6.42 Å². The molecule has 15 heavy (non-hydrogen) atoms. The number of aromatic nitrogens is 2. The van der Waals surface area contributed by atoms with Gasteiger partial charge in [-0.3, -0.25) is 0 Å². The predicted molar refractivity (Wildman–Crippen MR) is 51.5 cm³/mol. The number of aromatic carboxylic acids is 1. The van der Waals surface area contributed by atoms with E-state index in [4.69, 9.17) is 9.52 Å². The molecule has 0 spiro atoms. The summed E-state index contributed by atoms with van der Waals surface area (Å²) in [5.74, 6) is -0.418. The second-order valence-electron chi connectivity index (χ2n) is 4.01. The van der Waals surface area contributed by atoms with Crippen molar-refractivity contribution in [2.45, 2.75) is 38.5 Å². The van der Waals surface area contributed by atoms with Gasteiger partial charge in [0.05, 0.1) is 0 Å². The molecule has 5 heteroatoms. The molecule has 0 saturated heterocycles. The molecule has 1 N–H and O–H groups in total. The summed E-state index contributed by atoms with van der Waals surface area (Å²) in [4.78, 5) is 10.5. The highest BCUT2D eigenvalue weighted by atomic mass is 16.4. The standard InChI is InChI=1S/C10H14N2O3/c13-10(14)9-12-11-8(15-9)6-7-4-2-1-3-5-7/h7H,1-6H2,(H,13,14). The van der Waals surface area contributed by atoms with E-state index in [-0.39, 0.29) is 5.89 Å². The molecule has 0 bridgehead atoms. The minimum Gasteiger partial charge on any atom is -0.474 e. The zero-order valence-corrected chi connectivity index (χ0v) is 8.48. The SMILES string of the molecule is O=C(O)c1nnc(CC2CCCCC2)o1. The molecule has 0 amide bonds. The third-order valence-corrected chi connectivity index (χ3v) is 2.84. The number of hydrogen-bond donors (Lipinski definition) is 1. The van der Waals surface area contributed by atoms with Gasteiger partial charge in [-0.05, 0) is 18.8 Å². The lowest BCUT2D eigenvalue weighted by atomic mass is 9.87. The Hall–Kier alpha value is -1.39. The molecule has 82 valence electrons. The molecule has 0 unspecified atom stereocenters. The monoisotopic (exact) mass is 210 g/mol. The van der Waals surface area contributed by atoms with Crippen LogP contribution >= 0.6 is 0 Å². The summed E-state index contributed by atoms with van der Waals surface area (Å²) in [5, 5.41) is 15.8. The molecule has 5 nitrogen and oxygen atoms in total. The first-order chi connectivity index (χ1) is 7.25. The highest BCUT2D eigenvalue weighted by molar-refractivity contribution is 5.81. The zero-order chi connectivity index (χ0) is 10.7. The quantitative estimate of drug-likeness (QED) is 0.824. The largest absolute Gasteiger partial charge is 0.474 e. The molecule has 0 aliphatic heterocycles. The van der Waals surface area contributed by atoms with Crippen molar-refractivity contribution in [2.24, 2.45) is 5.92 Å². The van der Waals surface area contributed by atoms with Crippen LogP contribution in [0.1, 0.15) is 48.7 Å². The Bertz CT molecular complexity index is 342. The topological polar surface area (TPSA) is 76.2 Å². The highest BCUT2D eigenvalue weighted by Gasteiger charge is 2.19. The Kier molecular flexibility index (Phi) is 2.99. The van der Waals surface area contributed by atoms with E-state index in [0.29, 0.717) is 11.8 Å².